The summed E-state index contributed by atoms with van der Waals surface area (Å²) >= 11 is 0. The molecule has 0 fully saturated rings. The van der Waals surface area contributed by atoms with Crippen molar-refractivity contribution < 1.29 is 9.53 Å². The van der Waals surface area contributed by atoms with E-state index in [0.29, 0.717) is 6.42 Å². The summed E-state index contributed by atoms with van der Waals surface area (Å²) in [5.74, 6) is -0.553. The predicted molar refractivity (Wildman–Crippen MR) is 73.4 cm³/mol. The van der Waals surface area contributed by atoms with E-state index in [-0.39, 0.29) is 11.0 Å². The Bertz CT molecular complexity index is 618. The van der Waals surface area contributed by atoms with Crippen molar-refractivity contribution in [2.75, 3.05) is 7.11 Å². The van der Waals surface area contributed by atoms with Crippen molar-refractivity contribution in [3.63, 3.8) is 0 Å². The van der Waals surface area contributed by atoms with Gasteiger partial charge in [0.15, 0.2) is 0 Å². The molecule has 3 heteroatoms. The van der Waals surface area contributed by atoms with Crippen LogP contribution in [0, 0.1) is 18.3 Å². The third kappa shape index (κ3) is 2.15. The summed E-state index contributed by atoms with van der Waals surface area (Å²) in [5.41, 5.74) is 4.18. The number of benzene rings is 1. The van der Waals surface area contributed by atoms with E-state index >= 15 is 0 Å². The van der Waals surface area contributed by atoms with Crippen LogP contribution in [-0.4, -0.2) is 13.1 Å². The molecule has 0 heterocycles. The van der Waals surface area contributed by atoms with Crippen molar-refractivity contribution in [3.8, 4) is 6.07 Å². The number of esters is 1. The van der Waals surface area contributed by atoms with Gasteiger partial charge < -0.3 is 4.74 Å². The quantitative estimate of drug-likeness (QED) is 0.440. The largest absolute Gasteiger partial charge is 0.465 e. The molecular formula is C16H17NO2. The highest BCUT2D eigenvalue weighted by molar-refractivity contribution is 6.03. The fourth-order valence-electron chi connectivity index (χ4n) is 2.69. The number of hydrogen-bond acceptors (Lipinski definition) is 3. The standard InChI is InChI=1S/C16H17NO2/c1-10-5-6-14-11(7-10)12(8-16(14,2)3)13(9-17)15(18)19-4/h5-7H,8H2,1-4H3/b13-12+. The highest BCUT2D eigenvalue weighted by Gasteiger charge is 2.36. The fourth-order valence-corrected chi connectivity index (χ4v) is 2.69. The van der Waals surface area contributed by atoms with Gasteiger partial charge in [-0.3, -0.25) is 0 Å². The molecule has 0 atom stereocenters. The molecule has 0 aliphatic heterocycles. The van der Waals surface area contributed by atoms with Gasteiger partial charge in [0.2, 0.25) is 0 Å². The van der Waals surface area contributed by atoms with E-state index < -0.39 is 5.97 Å². The molecule has 3 nitrogen and oxygen atoms in total. The van der Waals surface area contributed by atoms with Crippen LogP contribution in [0.5, 0.6) is 0 Å². The first-order chi connectivity index (χ1) is 8.90. The maximum absolute atomic E-state index is 11.7. The van der Waals surface area contributed by atoms with Crippen LogP contribution < -0.4 is 0 Å². The Hall–Kier alpha value is -2.08. The average molecular weight is 255 g/mol. The topological polar surface area (TPSA) is 50.1 Å². The first-order valence-electron chi connectivity index (χ1n) is 6.24. The molecule has 0 saturated carbocycles. The van der Waals surface area contributed by atoms with Crippen LogP contribution in [0.15, 0.2) is 23.8 Å². The van der Waals surface area contributed by atoms with E-state index in [1.54, 1.807) is 0 Å². The summed E-state index contributed by atoms with van der Waals surface area (Å²) in [4.78, 5) is 11.7. The monoisotopic (exact) mass is 255 g/mol. The van der Waals surface area contributed by atoms with Gasteiger partial charge in [0.1, 0.15) is 11.6 Å². The van der Waals surface area contributed by atoms with Crippen LogP contribution in [0.25, 0.3) is 5.57 Å². The van der Waals surface area contributed by atoms with Crippen LogP contribution in [0.4, 0.5) is 0 Å². The molecule has 0 bridgehead atoms. The zero-order chi connectivity index (χ0) is 14.2. The Labute approximate surface area is 113 Å². The highest BCUT2D eigenvalue weighted by Crippen LogP contribution is 2.46. The number of allylic oxidation sites excluding steroid dienone is 1. The van der Waals surface area contributed by atoms with Crippen LogP contribution >= 0.6 is 0 Å². The molecule has 0 N–H and O–H groups in total. The number of carbonyl (C=O) groups is 1. The van der Waals surface area contributed by atoms with Gasteiger partial charge in [-0.2, -0.15) is 5.26 Å². The summed E-state index contributed by atoms with van der Waals surface area (Å²) in [6.45, 7) is 6.26. The third-order valence-corrected chi connectivity index (χ3v) is 3.65. The van der Waals surface area contributed by atoms with Gasteiger partial charge in [0.05, 0.1) is 7.11 Å². The summed E-state index contributed by atoms with van der Waals surface area (Å²) in [6, 6.07) is 8.19. The van der Waals surface area contributed by atoms with Gasteiger partial charge in [-0.25, -0.2) is 4.79 Å². The van der Waals surface area contributed by atoms with E-state index in [9.17, 15) is 10.1 Å². The maximum Gasteiger partial charge on any atom is 0.348 e. The summed E-state index contributed by atoms with van der Waals surface area (Å²) in [7, 11) is 1.30. The number of methoxy groups -OCH3 is 1. The molecule has 2 rings (SSSR count). The zero-order valence-corrected chi connectivity index (χ0v) is 11.7. The number of hydrogen-bond donors (Lipinski definition) is 0. The number of nitrogens with zero attached hydrogens (tertiary/aromatic N) is 1. The van der Waals surface area contributed by atoms with Crippen molar-refractivity contribution in [1.82, 2.24) is 0 Å². The maximum atomic E-state index is 11.7. The molecule has 0 amide bonds. The molecule has 0 spiro atoms. The minimum Gasteiger partial charge on any atom is -0.465 e. The van der Waals surface area contributed by atoms with E-state index in [1.165, 1.54) is 12.7 Å². The number of nitriles is 1. The van der Waals surface area contributed by atoms with Crippen molar-refractivity contribution >= 4 is 11.5 Å². The zero-order valence-electron chi connectivity index (χ0n) is 11.7. The first kappa shape index (κ1) is 13.4. The van der Waals surface area contributed by atoms with E-state index in [1.807, 2.05) is 19.1 Å². The second-order valence-electron chi connectivity index (χ2n) is 5.57. The van der Waals surface area contributed by atoms with Gasteiger partial charge in [-0.15, -0.1) is 0 Å². The van der Waals surface area contributed by atoms with Crippen molar-refractivity contribution in [2.45, 2.75) is 32.6 Å². The van der Waals surface area contributed by atoms with E-state index in [2.05, 4.69) is 26.0 Å². The van der Waals surface area contributed by atoms with E-state index in [0.717, 1.165) is 16.7 Å². The Balaban J connectivity index is 2.71. The number of fused-ring (bicyclic) bond motifs is 1. The lowest BCUT2D eigenvalue weighted by molar-refractivity contribution is -0.135. The summed E-state index contributed by atoms with van der Waals surface area (Å²) in [6.07, 6.45) is 0.684. The molecule has 0 unspecified atom stereocenters. The number of carbonyl (C=O) groups excluding carboxylic acids is 1. The molecule has 1 aliphatic rings. The normalized spacial score (nSPS) is 18.5. The lowest BCUT2D eigenvalue weighted by atomic mass is 9.86. The third-order valence-electron chi connectivity index (χ3n) is 3.65. The number of aryl methyl sites for hydroxylation is 1. The summed E-state index contributed by atoms with van der Waals surface area (Å²) in [5, 5.41) is 9.24. The molecule has 1 aromatic rings. The van der Waals surface area contributed by atoms with Crippen molar-refractivity contribution in [2.24, 2.45) is 0 Å². The second kappa shape index (κ2) is 4.55. The minimum absolute atomic E-state index is 0.0610. The first-order valence-corrected chi connectivity index (χ1v) is 6.24. The molecule has 0 saturated heterocycles. The number of ether oxygens (including phenoxy) is 1. The van der Waals surface area contributed by atoms with Gasteiger partial charge in [0.25, 0.3) is 0 Å². The van der Waals surface area contributed by atoms with Crippen molar-refractivity contribution in [1.29, 1.82) is 5.26 Å². The SMILES string of the molecule is COC(=O)/C(C#N)=C1\CC(C)(C)c2ccc(C)cc21. The van der Waals surface area contributed by atoms with Gasteiger partial charge >= 0.3 is 5.97 Å². The van der Waals surface area contributed by atoms with Crippen LogP contribution in [0.3, 0.4) is 0 Å². The van der Waals surface area contributed by atoms with Gasteiger partial charge in [-0.1, -0.05) is 37.6 Å². The molecule has 0 radical (unpaired) electrons. The number of rotatable bonds is 1. The smallest absolute Gasteiger partial charge is 0.348 e. The Kier molecular flexibility index (Phi) is 3.20. The van der Waals surface area contributed by atoms with Crippen LogP contribution in [-0.2, 0) is 14.9 Å². The Morgan fingerprint density at radius 2 is 2.11 bits per heavy atom. The molecule has 0 aromatic heterocycles. The lowest BCUT2D eigenvalue weighted by Crippen LogP contribution is -2.12. The van der Waals surface area contributed by atoms with Gasteiger partial charge in [-0.05, 0) is 35.5 Å². The highest BCUT2D eigenvalue weighted by atomic mass is 16.5. The molecule has 98 valence electrons. The van der Waals surface area contributed by atoms with Crippen molar-refractivity contribution in [3.05, 3.63) is 40.5 Å². The summed E-state index contributed by atoms with van der Waals surface area (Å²) < 4.78 is 4.71. The van der Waals surface area contributed by atoms with Crippen LogP contribution in [0.2, 0.25) is 0 Å². The molecule has 1 aromatic carbocycles. The second-order valence-corrected chi connectivity index (χ2v) is 5.57. The molecular weight excluding hydrogens is 238 g/mol. The Morgan fingerprint density at radius 1 is 1.42 bits per heavy atom. The lowest BCUT2D eigenvalue weighted by Gasteiger charge is -2.18. The van der Waals surface area contributed by atoms with Crippen LogP contribution in [0.1, 0.15) is 37.0 Å². The average Bonchev–Trinajstić information content (AvgIpc) is 2.61. The predicted octanol–water partition coefficient (Wildman–Crippen LogP) is 3.13. The Morgan fingerprint density at radius 3 is 2.68 bits per heavy atom. The fraction of sp³-hybridized carbons (Fsp3) is 0.375. The van der Waals surface area contributed by atoms with E-state index in [4.69, 9.17) is 4.74 Å². The minimum atomic E-state index is -0.553. The molecule has 19 heavy (non-hydrogen) atoms. The molecule has 1 aliphatic carbocycles. The van der Waals surface area contributed by atoms with Gasteiger partial charge in [0, 0.05) is 0 Å².